The van der Waals surface area contributed by atoms with E-state index in [-0.39, 0.29) is 35.4 Å². The molecule has 2 aromatic carbocycles. The summed E-state index contributed by atoms with van der Waals surface area (Å²) in [7, 11) is 0. The van der Waals surface area contributed by atoms with E-state index < -0.39 is 5.97 Å². The smallest absolute Gasteiger partial charge is 0.335 e. The van der Waals surface area contributed by atoms with Gasteiger partial charge in [0.15, 0.2) is 11.5 Å². The van der Waals surface area contributed by atoms with Crippen LogP contribution in [0.15, 0.2) is 47.6 Å². The third kappa shape index (κ3) is 3.92. The summed E-state index contributed by atoms with van der Waals surface area (Å²) in [6.45, 7) is 2.19. The van der Waals surface area contributed by atoms with Gasteiger partial charge in [-0.25, -0.2) is 9.80 Å². The van der Waals surface area contributed by atoms with Gasteiger partial charge in [-0.15, -0.1) is 0 Å². The van der Waals surface area contributed by atoms with Crippen LogP contribution in [0.5, 0.6) is 11.5 Å². The van der Waals surface area contributed by atoms with Crippen molar-refractivity contribution in [3.63, 3.8) is 0 Å². The van der Waals surface area contributed by atoms with Gasteiger partial charge in [0.25, 0.3) is 0 Å². The van der Waals surface area contributed by atoms with E-state index in [4.69, 9.17) is 5.11 Å². The van der Waals surface area contributed by atoms with Gasteiger partial charge in [0.1, 0.15) is 0 Å². The molecule has 1 aliphatic rings. The summed E-state index contributed by atoms with van der Waals surface area (Å²) >= 11 is 0. The molecule has 0 radical (unpaired) electrons. The number of benzene rings is 2. The van der Waals surface area contributed by atoms with Gasteiger partial charge in [0, 0.05) is 17.9 Å². The van der Waals surface area contributed by atoms with Crippen LogP contribution in [0.1, 0.15) is 41.3 Å². The number of carboxylic acids is 1. The van der Waals surface area contributed by atoms with Gasteiger partial charge < -0.3 is 15.3 Å². The number of phenols is 2. The Hall–Kier alpha value is -3.35. The van der Waals surface area contributed by atoms with E-state index >= 15 is 0 Å². The quantitative estimate of drug-likeness (QED) is 0.703. The highest BCUT2D eigenvalue weighted by Gasteiger charge is 2.29. The number of amides is 1. The molecule has 0 spiro atoms. The number of rotatable bonds is 5. The van der Waals surface area contributed by atoms with Crippen LogP contribution in [-0.4, -0.2) is 37.9 Å². The summed E-state index contributed by atoms with van der Waals surface area (Å²) in [6, 6.07) is 10.8. The molecular weight excluding hydrogens is 348 g/mol. The summed E-state index contributed by atoms with van der Waals surface area (Å²) in [5.74, 6) is -1.65. The van der Waals surface area contributed by atoms with Crippen LogP contribution in [0.2, 0.25) is 0 Å². The summed E-state index contributed by atoms with van der Waals surface area (Å²) in [6.07, 6.45) is 1.01. The topological polar surface area (TPSA) is 110 Å². The number of hydrogen-bond acceptors (Lipinski definition) is 5. The Morgan fingerprint density at radius 1 is 1.15 bits per heavy atom. The highest BCUT2D eigenvalue weighted by atomic mass is 16.4. The zero-order chi connectivity index (χ0) is 19.6. The van der Waals surface area contributed by atoms with Gasteiger partial charge in [0.2, 0.25) is 5.91 Å². The lowest BCUT2D eigenvalue weighted by atomic mass is 9.89. The van der Waals surface area contributed by atoms with Crippen LogP contribution in [0.4, 0.5) is 0 Å². The lowest BCUT2D eigenvalue weighted by molar-refractivity contribution is -0.133. The zero-order valence-electron chi connectivity index (χ0n) is 14.8. The number of carbonyl (C=O) groups is 2. The minimum atomic E-state index is -1.01. The molecule has 0 aromatic heterocycles. The number of hydrazone groups is 1. The Balaban J connectivity index is 1.90. The van der Waals surface area contributed by atoms with Crippen LogP contribution in [0.3, 0.4) is 0 Å². The van der Waals surface area contributed by atoms with Crippen LogP contribution >= 0.6 is 0 Å². The Morgan fingerprint density at radius 2 is 1.85 bits per heavy atom. The number of phenolic OH excluding ortho intramolecular Hbond substituents is 2. The fraction of sp³-hybridized carbons (Fsp3) is 0.250. The van der Waals surface area contributed by atoms with E-state index in [2.05, 4.69) is 5.10 Å². The highest BCUT2D eigenvalue weighted by Crippen LogP contribution is 2.30. The number of hydrogen-bond donors (Lipinski definition) is 3. The molecule has 0 saturated heterocycles. The second-order valence-electron chi connectivity index (χ2n) is 6.45. The molecule has 0 fully saturated rings. The Labute approximate surface area is 156 Å². The Morgan fingerprint density at radius 3 is 2.44 bits per heavy atom. The molecule has 7 nitrogen and oxygen atoms in total. The molecule has 0 bridgehead atoms. The standard InChI is InChI=1S/C20H20N2O5/c1-2-13-10-18(25)22(11-12-3-5-14(6-4-12)20(26)27)21-19(13)15-7-8-16(23)17(24)9-15/h3-9,13,23-24H,2,10-11H2,1H3,(H,26,27). The first kappa shape index (κ1) is 18.4. The van der Waals surface area contributed by atoms with Crippen molar-refractivity contribution >= 4 is 17.6 Å². The van der Waals surface area contributed by atoms with Crippen molar-refractivity contribution in [2.75, 3.05) is 0 Å². The number of aromatic carboxylic acids is 1. The molecule has 2 aromatic rings. The summed E-state index contributed by atoms with van der Waals surface area (Å²) in [4.78, 5) is 23.4. The highest BCUT2D eigenvalue weighted by molar-refractivity contribution is 6.06. The number of aromatic hydroxyl groups is 2. The third-order valence-corrected chi connectivity index (χ3v) is 4.62. The lowest BCUT2D eigenvalue weighted by Crippen LogP contribution is -2.36. The Kier molecular flexibility index (Phi) is 5.12. The van der Waals surface area contributed by atoms with Gasteiger partial charge in [-0.05, 0) is 42.3 Å². The molecule has 7 heteroatoms. The first-order chi connectivity index (χ1) is 12.9. The molecule has 1 heterocycles. The fourth-order valence-corrected chi connectivity index (χ4v) is 3.04. The maximum Gasteiger partial charge on any atom is 0.335 e. The third-order valence-electron chi connectivity index (χ3n) is 4.62. The molecule has 3 N–H and O–H groups in total. The maximum absolute atomic E-state index is 12.5. The molecule has 1 aliphatic heterocycles. The maximum atomic E-state index is 12.5. The van der Waals surface area contributed by atoms with E-state index in [1.54, 1.807) is 18.2 Å². The van der Waals surface area contributed by atoms with Gasteiger partial charge in [-0.1, -0.05) is 19.1 Å². The van der Waals surface area contributed by atoms with Crippen molar-refractivity contribution in [2.45, 2.75) is 26.3 Å². The van der Waals surface area contributed by atoms with Crippen molar-refractivity contribution in [1.82, 2.24) is 5.01 Å². The molecule has 1 amide bonds. The molecule has 140 valence electrons. The van der Waals surface area contributed by atoms with E-state index in [9.17, 15) is 19.8 Å². The Bertz CT molecular complexity index is 905. The summed E-state index contributed by atoms with van der Waals surface area (Å²) in [5, 5.41) is 34.1. The van der Waals surface area contributed by atoms with Crippen molar-refractivity contribution in [2.24, 2.45) is 11.0 Å². The average Bonchev–Trinajstić information content (AvgIpc) is 2.65. The predicted octanol–water partition coefficient (Wildman–Crippen LogP) is 2.96. The van der Waals surface area contributed by atoms with Crippen LogP contribution < -0.4 is 0 Å². The van der Waals surface area contributed by atoms with Gasteiger partial charge in [-0.2, -0.15) is 5.10 Å². The number of carbonyl (C=O) groups excluding carboxylic acids is 1. The fourth-order valence-electron chi connectivity index (χ4n) is 3.04. The van der Waals surface area contributed by atoms with E-state index in [1.807, 2.05) is 6.92 Å². The first-order valence-corrected chi connectivity index (χ1v) is 8.62. The van der Waals surface area contributed by atoms with Crippen molar-refractivity contribution in [3.05, 3.63) is 59.2 Å². The predicted molar refractivity (Wildman–Crippen MR) is 98.7 cm³/mol. The number of carboxylic acid groups (broad SMARTS) is 1. The minimum Gasteiger partial charge on any atom is -0.504 e. The zero-order valence-corrected chi connectivity index (χ0v) is 14.8. The summed E-state index contributed by atoms with van der Waals surface area (Å²) in [5.41, 5.74) is 2.27. The molecule has 1 unspecified atom stereocenters. The van der Waals surface area contributed by atoms with Crippen molar-refractivity contribution < 1.29 is 24.9 Å². The molecule has 3 rings (SSSR count). The van der Waals surface area contributed by atoms with Crippen molar-refractivity contribution in [1.29, 1.82) is 0 Å². The monoisotopic (exact) mass is 368 g/mol. The van der Waals surface area contributed by atoms with E-state index in [1.165, 1.54) is 29.3 Å². The van der Waals surface area contributed by atoms with Gasteiger partial charge in [0.05, 0.1) is 17.8 Å². The largest absolute Gasteiger partial charge is 0.504 e. The average molecular weight is 368 g/mol. The van der Waals surface area contributed by atoms with Gasteiger partial charge >= 0.3 is 5.97 Å². The van der Waals surface area contributed by atoms with Crippen molar-refractivity contribution in [3.8, 4) is 11.5 Å². The minimum absolute atomic E-state index is 0.0768. The lowest BCUT2D eigenvalue weighted by Gasteiger charge is -2.29. The SMILES string of the molecule is CCC1CC(=O)N(Cc2ccc(C(=O)O)cc2)N=C1c1ccc(O)c(O)c1. The van der Waals surface area contributed by atoms with Crippen LogP contribution in [0.25, 0.3) is 0 Å². The van der Waals surface area contributed by atoms with Crippen LogP contribution in [0, 0.1) is 5.92 Å². The molecule has 1 atom stereocenters. The van der Waals surface area contributed by atoms with E-state index in [0.717, 1.165) is 5.56 Å². The normalized spacial score (nSPS) is 16.9. The summed E-state index contributed by atoms with van der Waals surface area (Å²) < 4.78 is 0. The second kappa shape index (κ2) is 7.49. The van der Waals surface area contributed by atoms with E-state index in [0.29, 0.717) is 24.1 Å². The van der Waals surface area contributed by atoms with Crippen LogP contribution in [-0.2, 0) is 11.3 Å². The second-order valence-corrected chi connectivity index (χ2v) is 6.45. The molecule has 0 aliphatic carbocycles. The number of nitrogens with zero attached hydrogens (tertiary/aromatic N) is 2. The van der Waals surface area contributed by atoms with Gasteiger partial charge in [-0.3, -0.25) is 4.79 Å². The molecular formula is C20H20N2O5. The molecule has 0 saturated carbocycles. The first-order valence-electron chi connectivity index (χ1n) is 8.62. The molecule has 27 heavy (non-hydrogen) atoms.